The Balaban J connectivity index is 0.00000116. The van der Waals surface area contributed by atoms with Gasteiger partial charge in [-0.1, -0.05) is 45.4 Å². The lowest BCUT2D eigenvalue weighted by atomic mass is 9.69. The summed E-state index contributed by atoms with van der Waals surface area (Å²) in [6.45, 7) is 8.32. The topological polar surface area (TPSA) is 3.24 Å². The standard InChI is InChI=1S/C19H37N.C2H4/c1-4-5-6-7-16-8-10-17(11-9-16)18-12-14-19(15-13-18)20(2)3;1-2/h16-19H,4-15H2,1-3H3;1-2H2. The molecule has 22 heavy (non-hydrogen) atoms. The van der Waals surface area contributed by atoms with Crippen molar-refractivity contribution in [1.29, 1.82) is 0 Å². The summed E-state index contributed by atoms with van der Waals surface area (Å²) in [6, 6.07) is 0.872. The molecule has 2 saturated carbocycles. The third-order valence-corrected chi connectivity index (χ3v) is 6.25. The van der Waals surface area contributed by atoms with Crippen molar-refractivity contribution in [2.45, 2.75) is 90.0 Å². The molecule has 2 aliphatic rings. The van der Waals surface area contributed by atoms with Crippen LogP contribution in [0.25, 0.3) is 0 Å². The number of hydrogen-bond acceptors (Lipinski definition) is 1. The van der Waals surface area contributed by atoms with Gasteiger partial charge < -0.3 is 4.90 Å². The highest BCUT2D eigenvalue weighted by molar-refractivity contribution is 4.84. The molecule has 0 aliphatic heterocycles. The lowest BCUT2D eigenvalue weighted by molar-refractivity contribution is 0.123. The summed E-state index contributed by atoms with van der Waals surface area (Å²) in [5.41, 5.74) is 0. The molecule has 1 heteroatoms. The van der Waals surface area contributed by atoms with Crippen molar-refractivity contribution >= 4 is 0 Å². The van der Waals surface area contributed by atoms with Crippen LogP contribution in [0.5, 0.6) is 0 Å². The first-order valence-corrected chi connectivity index (χ1v) is 9.87. The van der Waals surface area contributed by atoms with Gasteiger partial charge in [0.25, 0.3) is 0 Å². The molecule has 0 unspecified atom stereocenters. The van der Waals surface area contributed by atoms with Crippen LogP contribution < -0.4 is 0 Å². The van der Waals surface area contributed by atoms with E-state index in [0.717, 1.165) is 23.8 Å². The van der Waals surface area contributed by atoms with E-state index in [4.69, 9.17) is 0 Å². The Bertz CT molecular complexity index is 257. The molecular formula is C21H41N. The minimum Gasteiger partial charge on any atom is -0.306 e. The quantitative estimate of drug-likeness (QED) is 0.411. The zero-order chi connectivity index (χ0) is 16.4. The van der Waals surface area contributed by atoms with Crippen molar-refractivity contribution in [3.8, 4) is 0 Å². The second kappa shape index (κ2) is 11.3. The fraction of sp³-hybridized carbons (Fsp3) is 0.905. The molecule has 0 atom stereocenters. The van der Waals surface area contributed by atoms with Gasteiger partial charge in [0.15, 0.2) is 0 Å². The molecule has 0 bridgehead atoms. The zero-order valence-electron chi connectivity index (χ0n) is 15.7. The molecule has 0 heterocycles. The van der Waals surface area contributed by atoms with E-state index < -0.39 is 0 Å². The van der Waals surface area contributed by atoms with Gasteiger partial charge in [-0.25, -0.2) is 0 Å². The van der Waals surface area contributed by atoms with E-state index >= 15 is 0 Å². The normalized spacial score (nSPS) is 32.4. The van der Waals surface area contributed by atoms with Gasteiger partial charge in [-0.3, -0.25) is 0 Å². The zero-order valence-corrected chi connectivity index (χ0v) is 15.7. The van der Waals surface area contributed by atoms with Crippen molar-refractivity contribution in [2.24, 2.45) is 17.8 Å². The van der Waals surface area contributed by atoms with Crippen molar-refractivity contribution in [2.75, 3.05) is 14.1 Å². The Hall–Kier alpha value is -0.300. The molecule has 0 aromatic rings. The number of nitrogens with zero attached hydrogens (tertiary/aromatic N) is 1. The predicted octanol–water partition coefficient (Wildman–Crippen LogP) is 6.30. The first-order chi connectivity index (χ1) is 10.7. The molecule has 0 aromatic heterocycles. The second-order valence-corrected chi connectivity index (χ2v) is 7.81. The third kappa shape index (κ3) is 6.44. The van der Waals surface area contributed by atoms with Gasteiger partial charge in [-0.2, -0.15) is 0 Å². The fourth-order valence-corrected chi connectivity index (χ4v) is 4.72. The second-order valence-electron chi connectivity index (χ2n) is 7.81. The van der Waals surface area contributed by atoms with Gasteiger partial charge in [0.05, 0.1) is 0 Å². The van der Waals surface area contributed by atoms with Gasteiger partial charge in [0.2, 0.25) is 0 Å². The summed E-state index contributed by atoms with van der Waals surface area (Å²) in [4.78, 5) is 2.45. The van der Waals surface area contributed by atoms with Gasteiger partial charge >= 0.3 is 0 Å². The Labute approximate surface area is 140 Å². The van der Waals surface area contributed by atoms with E-state index in [1.54, 1.807) is 25.7 Å². The molecular weight excluding hydrogens is 266 g/mol. The van der Waals surface area contributed by atoms with E-state index in [9.17, 15) is 0 Å². The maximum absolute atomic E-state index is 3.00. The summed E-state index contributed by atoms with van der Waals surface area (Å²) >= 11 is 0. The van der Waals surface area contributed by atoms with Crippen LogP contribution in [-0.4, -0.2) is 25.0 Å². The van der Waals surface area contributed by atoms with Crippen molar-refractivity contribution < 1.29 is 0 Å². The Morgan fingerprint density at radius 1 is 0.773 bits per heavy atom. The van der Waals surface area contributed by atoms with Crippen LogP contribution in [-0.2, 0) is 0 Å². The van der Waals surface area contributed by atoms with Gasteiger partial charge in [-0.15, -0.1) is 13.2 Å². The smallest absolute Gasteiger partial charge is 0.00893 e. The molecule has 130 valence electrons. The van der Waals surface area contributed by atoms with E-state index in [1.165, 1.54) is 51.4 Å². The number of unbranched alkanes of at least 4 members (excludes halogenated alkanes) is 2. The largest absolute Gasteiger partial charge is 0.306 e. The van der Waals surface area contributed by atoms with E-state index in [1.807, 2.05) is 0 Å². The molecule has 0 aromatic carbocycles. The number of hydrogen-bond donors (Lipinski definition) is 0. The molecule has 2 fully saturated rings. The third-order valence-electron chi connectivity index (χ3n) is 6.25. The SMILES string of the molecule is C=C.CCCCCC1CCC(C2CCC(N(C)C)CC2)CC1. The molecule has 0 saturated heterocycles. The predicted molar refractivity (Wildman–Crippen MR) is 100 cm³/mol. The summed E-state index contributed by atoms with van der Waals surface area (Å²) in [6.07, 6.45) is 17.9. The minimum atomic E-state index is 0.872. The molecule has 0 N–H and O–H groups in total. The number of rotatable bonds is 6. The average Bonchev–Trinajstić information content (AvgIpc) is 2.58. The molecule has 0 radical (unpaired) electrons. The molecule has 0 spiro atoms. The maximum atomic E-state index is 3.00. The molecule has 2 aliphatic carbocycles. The van der Waals surface area contributed by atoms with Crippen molar-refractivity contribution in [3.63, 3.8) is 0 Å². The average molecular weight is 308 g/mol. The van der Waals surface area contributed by atoms with Crippen LogP contribution >= 0.6 is 0 Å². The summed E-state index contributed by atoms with van der Waals surface area (Å²) in [5.74, 6) is 3.24. The lowest BCUT2D eigenvalue weighted by Gasteiger charge is -2.39. The summed E-state index contributed by atoms with van der Waals surface area (Å²) in [7, 11) is 4.51. The van der Waals surface area contributed by atoms with E-state index in [2.05, 4.69) is 39.1 Å². The fourth-order valence-electron chi connectivity index (χ4n) is 4.72. The Kier molecular flexibility index (Phi) is 10.1. The van der Waals surface area contributed by atoms with Gasteiger partial charge in [-0.05, 0) is 70.4 Å². The monoisotopic (exact) mass is 307 g/mol. The van der Waals surface area contributed by atoms with Crippen LogP contribution in [0.2, 0.25) is 0 Å². The molecule has 2 rings (SSSR count). The van der Waals surface area contributed by atoms with Crippen LogP contribution in [0.15, 0.2) is 13.2 Å². The molecule has 0 amide bonds. The van der Waals surface area contributed by atoms with Crippen molar-refractivity contribution in [3.05, 3.63) is 13.2 Å². The van der Waals surface area contributed by atoms with Crippen molar-refractivity contribution in [1.82, 2.24) is 4.90 Å². The minimum absolute atomic E-state index is 0.872. The highest BCUT2D eigenvalue weighted by Crippen LogP contribution is 2.41. The van der Waals surface area contributed by atoms with Crippen LogP contribution in [0.4, 0.5) is 0 Å². The van der Waals surface area contributed by atoms with Gasteiger partial charge in [0, 0.05) is 6.04 Å². The first-order valence-electron chi connectivity index (χ1n) is 9.87. The summed E-state index contributed by atoms with van der Waals surface area (Å²) < 4.78 is 0. The van der Waals surface area contributed by atoms with Crippen LogP contribution in [0.3, 0.4) is 0 Å². The van der Waals surface area contributed by atoms with Crippen LogP contribution in [0.1, 0.15) is 84.0 Å². The summed E-state index contributed by atoms with van der Waals surface area (Å²) in [5, 5.41) is 0. The lowest BCUT2D eigenvalue weighted by Crippen LogP contribution is -2.34. The Morgan fingerprint density at radius 3 is 1.73 bits per heavy atom. The first kappa shape index (κ1) is 19.7. The highest BCUT2D eigenvalue weighted by Gasteiger charge is 2.31. The van der Waals surface area contributed by atoms with Gasteiger partial charge in [0.1, 0.15) is 0 Å². The maximum Gasteiger partial charge on any atom is 0.00893 e. The highest BCUT2D eigenvalue weighted by atomic mass is 15.1. The van der Waals surface area contributed by atoms with E-state index in [-0.39, 0.29) is 0 Å². The van der Waals surface area contributed by atoms with Crippen LogP contribution in [0, 0.1) is 17.8 Å². The molecule has 1 nitrogen and oxygen atoms in total. The van der Waals surface area contributed by atoms with E-state index in [0.29, 0.717) is 0 Å². The Morgan fingerprint density at radius 2 is 1.27 bits per heavy atom.